The second-order valence-electron chi connectivity index (χ2n) is 6.03. The molecule has 1 saturated heterocycles. The number of ether oxygens (including phenoxy) is 1. The van der Waals surface area contributed by atoms with Crippen LogP contribution in [0.2, 0.25) is 0 Å². The van der Waals surface area contributed by atoms with Gasteiger partial charge in [-0.25, -0.2) is 4.79 Å². The summed E-state index contributed by atoms with van der Waals surface area (Å²) in [5, 5.41) is 5.85. The number of hydrogen-bond donors (Lipinski definition) is 2. The van der Waals surface area contributed by atoms with Crippen LogP contribution < -0.4 is 15.4 Å². The molecule has 1 heterocycles. The number of nitrogens with zero attached hydrogens (tertiary/aromatic N) is 1. The van der Waals surface area contributed by atoms with E-state index in [9.17, 15) is 9.59 Å². The first-order chi connectivity index (χ1) is 11.0. The van der Waals surface area contributed by atoms with E-state index in [1.54, 1.807) is 4.90 Å². The zero-order valence-electron chi connectivity index (χ0n) is 13.7. The molecule has 1 aliphatic rings. The number of carbonyl (C=O) groups excluding carboxylic acids is 2. The van der Waals surface area contributed by atoms with E-state index in [0.717, 1.165) is 12.8 Å². The Bertz CT molecular complexity index is 511. The quantitative estimate of drug-likeness (QED) is 0.869. The number of piperidine rings is 1. The van der Waals surface area contributed by atoms with Gasteiger partial charge in [0.15, 0.2) is 6.61 Å². The van der Waals surface area contributed by atoms with E-state index in [0.29, 0.717) is 18.8 Å². The second kappa shape index (κ2) is 8.41. The molecule has 0 atom stereocenters. The Hall–Kier alpha value is -2.24. The first-order valence-electron chi connectivity index (χ1n) is 8.07. The van der Waals surface area contributed by atoms with Crippen molar-refractivity contribution in [3.05, 3.63) is 30.3 Å². The van der Waals surface area contributed by atoms with Crippen LogP contribution in [-0.2, 0) is 4.79 Å². The average Bonchev–Trinajstić information content (AvgIpc) is 2.54. The summed E-state index contributed by atoms with van der Waals surface area (Å²) < 4.78 is 5.43. The lowest BCUT2D eigenvalue weighted by Crippen LogP contribution is -2.51. The van der Waals surface area contributed by atoms with Crippen molar-refractivity contribution in [1.82, 2.24) is 15.5 Å². The van der Waals surface area contributed by atoms with Gasteiger partial charge in [0.1, 0.15) is 5.75 Å². The van der Waals surface area contributed by atoms with Gasteiger partial charge in [0, 0.05) is 25.2 Å². The highest BCUT2D eigenvalue weighted by Gasteiger charge is 2.24. The lowest BCUT2D eigenvalue weighted by molar-refractivity contribution is -0.124. The first kappa shape index (κ1) is 17.1. The van der Waals surface area contributed by atoms with Crippen LogP contribution in [0, 0.1) is 0 Å². The number of amides is 3. The predicted octanol–water partition coefficient (Wildman–Crippen LogP) is 1.76. The summed E-state index contributed by atoms with van der Waals surface area (Å²) in [5.74, 6) is 0.557. The van der Waals surface area contributed by atoms with E-state index in [1.807, 2.05) is 44.2 Å². The van der Waals surface area contributed by atoms with Gasteiger partial charge in [0.25, 0.3) is 5.91 Å². The van der Waals surface area contributed by atoms with Crippen LogP contribution in [-0.4, -0.2) is 48.6 Å². The molecule has 0 aromatic heterocycles. The van der Waals surface area contributed by atoms with Gasteiger partial charge in [-0.15, -0.1) is 0 Å². The van der Waals surface area contributed by atoms with Crippen LogP contribution in [0.25, 0.3) is 0 Å². The number of rotatable bonds is 5. The van der Waals surface area contributed by atoms with Crippen molar-refractivity contribution >= 4 is 11.9 Å². The highest BCUT2D eigenvalue weighted by Crippen LogP contribution is 2.11. The number of para-hydroxylation sites is 1. The lowest BCUT2D eigenvalue weighted by atomic mass is 10.1. The molecule has 2 N–H and O–H groups in total. The zero-order chi connectivity index (χ0) is 16.7. The first-order valence-corrected chi connectivity index (χ1v) is 8.07. The molecule has 0 radical (unpaired) electrons. The van der Waals surface area contributed by atoms with Crippen molar-refractivity contribution in [2.24, 2.45) is 0 Å². The molecular weight excluding hydrogens is 294 g/mol. The number of benzene rings is 1. The van der Waals surface area contributed by atoms with Gasteiger partial charge in [-0.05, 0) is 38.8 Å². The molecule has 0 bridgehead atoms. The van der Waals surface area contributed by atoms with Crippen molar-refractivity contribution in [3.63, 3.8) is 0 Å². The Morgan fingerprint density at radius 3 is 2.48 bits per heavy atom. The highest BCUT2D eigenvalue weighted by molar-refractivity contribution is 5.78. The van der Waals surface area contributed by atoms with E-state index in [4.69, 9.17) is 4.74 Å². The van der Waals surface area contributed by atoms with Crippen molar-refractivity contribution in [2.75, 3.05) is 19.7 Å². The van der Waals surface area contributed by atoms with Gasteiger partial charge in [-0.2, -0.15) is 0 Å². The number of likely N-dealkylation sites (tertiary alicyclic amines) is 1. The third kappa shape index (κ3) is 5.81. The molecule has 1 aliphatic heterocycles. The minimum atomic E-state index is -0.126. The molecule has 6 heteroatoms. The standard InChI is InChI=1S/C17H25N3O3/c1-13(2)18-17(22)20-10-8-14(9-11-20)19-16(21)12-23-15-6-4-3-5-7-15/h3-7,13-14H,8-12H2,1-2H3,(H,18,22)(H,19,21). The third-order valence-electron chi connectivity index (χ3n) is 3.67. The van der Waals surface area contributed by atoms with Gasteiger partial charge in [0.05, 0.1) is 0 Å². The maximum absolute atomic E-state index is 11.9. The smallest absolute Gasteiger partial charge is 0.317 e. The minimum absolute atomic E-state index is 0.0120. The topological polar surface area (TPSA) is 70.7 Å². The van der Waals surface area contributed by atoms with Gasteiger partial charge in [0.2, 0.25) is 0 Å². The molecule has 0 unspecified atom stereocenters. The van der Waals surface area contributed by atoms with E-state index in [-0.39, 0.29) is 30.6 Å². The van der Waals surface area contributed by atoms with Crippen LogP contribution in [0.15, 0.2) is 30.3 Å². The summed E-state index contributed by atoms with van der Waals surface area (Å²) in [6.07, 6.45) is 1.53. The Balaban J connectivity index is 1.67. The molecule has 23 heavy (non-hydrogen) atoms. The number of hydrogen-bond acceptors (Lipinski definition) is 3. The largest absolute Gasteiger partial charge is 0.484 e. The fourth-order valence-corrected chi connectivity index (χ4v) is 2.50. The molecule has 1 aromatic rings. The summed E-state index contributed by atoms with van der Waals surface area (Å²) in [6, 6.07) is 9.47. The maximum atomic E-state index is 11.9. The van der Waals surface area contributed by atoms with Crippen LogP contribution in [0.3, 0.4) is 0 Å². The van der Waals surface area contributed by atoms with E-state index >= 15 is 0 Å². The zero-order valence-corrected chi connectivity index (χ0v) is 13.7. The van der Waals surface area contributed by atoms with Crippen molar-refractivity contribution < 1.29 is 14.3 Å². The Kier molecular flexibility index (Phi) is 6.26. The molecule has 6 nitrogen and oxygen atoms in total. The molecule has 0 spiro atoms. The SMILES string of the molecule is CC(C)NC(=O)N1CCC(NC(=O)COc2ccccc2)CC1. The van der Waals surface area contributed by atoms with Crippen molar-refractivity contribution in [2.45, 2.75) is 38.8 Å². The van der Waals surface area contributed by atoms with Crippen molar-refractivity contribution in [3.8, 4) is 5.75 Å². The number of urea groups is 1. The fourth-order valence-electron chi connectivity index (χ4n) is 2.50. The molecule has 0 saturated carbocycles. The third-order valence-corrected chi connectivity index (χ3v) is 3.67. The average molecular weight is 319 g/mol. The van der Waals surface area contributed by atoms with E-state index < -0.39 is 0 Å². The fraction of sp³-hybridized carbons (Fsp3) is 0.529. The lowest BCUT2D eigenvalue weighted by Gasteiger charge is -2.32. The molecule has 3 amide bonds. The molecule has 0 aliphatic carbocycles. The van der Waals surface area contributed by atoms with Crippen LogP contribution in [0.5, 0.6) is 5.75 Å². The normalized spacial score (nSPS) is 15.3. The van der Waals surface area contributed by atoms with Gasteiger partial charge in [-0.1, -0.05) is 18.2 Å². The summed E-state index contributed by atoms with van der Waals surface area (Å²) >= 11 is 0. The van der Waals surface area contributed by atoms with E-state index in [1.165, 1.54) is 0 Å². The summed E-state index contributed by atoms with van der Waals surface area (Å²) in [4.78, 5) is 25.6. The van der Waals surface area contributed by atoms with Crippen LogP contribution >= 0.6 is 0 Å². The number of nitrogens with one attached hydrogen (secondary N) is 2. The second-order valence-corrected chi connectivity index (χ2v) is 6.03. The van der Waals surface area contributed by atoms with Gasteiger partial charge < -0.3 is 20.3 Å². The number of carbonyl (C=O) groups is 2. The highest BCUT2D eigenvalue weighted by atomic mass is 16.5. The summed E-state index contributed by atoms with van der Waals surface area (Å²) in [6.45, 7) is 5.21. The molecular formula is C17H25N3O3. The van der Waals surface area contributed by atoms with Crippen LogP contribution in [0.4, 0.5) is 4.79 Å². The van der Waals surface area contributed by atoms with Crippen LogP contribution in [0.1, 0.15) is 26.7 Å². The van der Waals surface area contributed by atoms with Gasteiger partial charge in [-0.3, -0.25) is 4.79 Å². The summed E-state index contributed by atoms with van der Waals surface area (Å²) in [5.41, 5.74) is 0. The summed E-state index contributed by atoms with van der Waals surface area (Å²) in [7, 11) is 0. The maximum Gasteiger partial charge on any atom is 0.317 e. The molecule has 126 valence electrons. The Labute approximate surface area is 137 Å². The van der Waals surface area contributed by atoms with Crippen molar-refractivity contribution in [1.29, 1.82) is 0 Å². The Morgan fingerprint density at radius 2 is 1.87 bits per heavy atom. The molecule has 2 rings (SSSR count). The molecule has 1 fully saturated rings. The van der Waals surface area contributed by atoms with Gasteiger partial charge >= 0.3 is 6.03 Å². The monoisotopic (exact) mass is 319 g/mol. The van der Waals surface area contributed by atoms with E-state index in [2.05, 4.69) is 10.6 Å². The minimum Gasteiger partial charge on any atom is -0.484 e. The molecule has 1 aromatic carbocycles. The Morgan fingerprint density at radius 1 is 1.22 bits per heavy atom. The predicted molar refractivity (Wildman–Crippen MR) is 88.3 cm³/mol.